The van der Waals surface area contributed by atoms with Crippen LogP contribution in [0.4, 0.5) is 0 Å². The molecule has 0 aromatic carbocycles. The second kappa shape index (κ2) is 5.65. The van der Waals surface area contributed by atoms with E-state index in [9.17, 15) is 4.79 Å². The Kier molecular flexibility index (Phi) is 3.50. The lowest BCUT2D eigenvalue weighted by Gasteiger charge is -2.53. The third-order valence-corrected chi connectivity index (χ3v) is 8.78. The van der Waals surface area contributed by atoms with E-state index in [1.54, 1.807) is 0 Å². The maximum absolute atomic E-state index is 12.1. The zero-order chi connectivity index (χ0) is 19.9. The number of hydrogen-bond donors (Lipinski definition) is 0. The predicted molar refractivity (Wildman–Crippen MR) is 107 cm³/mol. The van der Waals surface area contributed by atoms with Crippen molar-refractivity contribution in [3.05, 3.63) is 35.5 Å². The monoisotopic (exact) mass is 392 g/mol. The molecular formula is C25H28O4. The summed E-state index contributed by atoms with van der Waals surface area (Å²) in [5, 5.41) is 0. The number of carbonyl (C=O) groups excluding carboxylic acids is 1. The molecule has 1 saturated heterocycles. The lowest BCUT2D eigenvalue weighted by Crippen LogP contribution is -2.52. The number of ether oxygens (including phenoxy) is 3. The molecule has 0 aromatic heterocycles. The highest BCUT2D eigenvalue weighted by Crippen LogP contribution is 2.65. The second-order valence-electron chi connectivity index (χ2n) is 10.0. The highest BCUT2D eigenvalue weighted by molar-refractivity contribution is 5.75. The molecule has 152 valence electrons. The first-order valence-electron chi connectivity index (χ1n) is 11.0. The lowest BCUT2D eigenvalue weighted by atomic mass is 9.52. The van der Waals surface area contributed by atoms with E-state index < -0.39 is 11.4 Å². The van der Waals surface area contributed by atoms with Gasteiger partial charge in [-0.1, -0.05) is 49.5 Å². The Labute approximate surface area is 172 Å². The molecule has 4 heteroatoms. The van der Waals surface area contributed by atoms with Gasteiger partial charge in [-0.3, -0.25) is 4.79 Å². The summed E-state index contributed by atoms with van der Waals surface area (Å²) in [4.78, 5) is 12.1. The Hall–Kier alpha value is -1.83. The first kappa shape index (κ1) is 18.0. The lowest BCUT2D eigenvalue weighted by molar-refractivity contribution is -0.165. The van der Waals surface area contributed by atoms with Crippen molar-refractivity contribution in [1.82, 2.24) is 0 Å². The molecule has 2 aliphatic heterocycles. The zero-order valence-electron chi connectivity index (χ0n) is 17.3. The highest BCUT2D eigenvalue weighted by atomic mass is 16.7. The van der Waals surface area contributed by atoms with Gasteiger partial charge in [0.1, 0.15) is 6.42 Å². The van der Waals surface area contributed by atoms with E-state index in [2.05, 4.69) is 50.0 Å². The molecule has 0 bridgehead atoms. The number of allylic oxidation sites excluding steroid dienone is 5. The maximum Gasteiger partial charge on any atom is 0.319 e. The minimum atomic E-state index is -0.609. The topological polar surface area (TPSA) is 44.8 Å². The molecule has 2 heterocycles. The van der Waals surface area contributed by atoms with Gasteiger partial charge in [-0.25, -0.2) is 0 Å². The standard InChI is InChI=1S/C25H28O4/c1-22-12-13-25(27-14-15-28-25)16-17(22)5-6-18-19(22)7-10-23(2)20(18)8-11-24(23)9-3-4-21(26)29-24/h5-7,16,18,20H,4,8,10-15H2,1-2H3/t18-,20+,22+,23+,24+/m1/s1. The SMILES string of the molecule is C[C@]12CCC3(C=C1C=C[C@@H]1C2=CC[C@@]2(C)[C@H]1CC[C@@]21C#CCC(=O)O1)OCCO3. The van der Waals surface area contributed by atoms with Crippen molar-refractivity contribution in [2.45, 2.75) is 63.8 Å². The van der Waals surface area contributed by atoms with Crippen LogP contribution in [0.3, 0.4) is 0 Å². The van der Waals surface area contributed by atoms with Crippen molar-refractivity contribution in [2.24, 2.45) is 22.7 Å². The van der Waals surface area contributed by atoms with Crippen molar-refractivity contribution in [3.63, 3.8) is 0 Å². The molecule has 4 aliphatic carbocycles. The largest absolute Gasteiger partial charge is 0.444 e. The van der Waals surface area contributed by atoms with Gasteiger partial charge in [0.15, 0.2) is 11.4 Å². The maximum atomic E-state index is 12.1. The highest BCUT2D eigenvalue weighted by Gasteiger charge is 2.64. The number of carbonyl (C=O) groups is 1. The third kappa shape index (κ3) is 2.21. The zero-order valence-corrected chi connectivity index (χ0v) is 17.3. The molecule has 1 saturated carbocycles. The van der Waals surface area contributed by atoms with Gasteiger partial charge in [0.25, 0.3) is 0 Å². The van der Waals surface area contributed by atoms with Gasteiger partial charge >= 0.3 is 5.97 Å². The van der Waals surface area contributed by atoms with Crippen LogP contribution in [0.5, 0.6) is 0 Å². The molecule has 6 aliphatic rings. The van der Waals surface area contributed by atoms with Crippen LogP contribution in [0, 0.1) is 34.5 Å². The smallest absolute Gasteiger partial charge is 0.319 e. The van der Waals surface area contributed by atoms with E-state index in [-0.39, 0.29) is 23.2 Å². The van der Waals surface area contributed by atoms with Crippen LogP contribution in [0.2, 0.25) is 0 Å². The van der Waals surface area contributed by atoms with Gasteiger partial charge in [0, 0.05) is 23.2 Å². The average molecular weight is 392 g/mol. The van der Waals surface area contributed by atoms with Crippen molar-refractivity contribution in [1.29, 1.82) is 0 Å². The first-order valence-corrected chi connectivity index (χ1v) is 11.0. The van der Waals surface area contributed by atoms with Crippen LogP contribution in [-0.4, -0.2) is 30.6 Å². The first-order chi connectivity index (χ1) is 13.9. The van der Waals surface area contributed by atoms with Gasteiger partial charge in [-0.2, -0.15) is 0 Å². The van der Waals surface area contributed by atoms with Gasteiger partial charge in [0.2, 0.25) is 0 Å². The van der Waals surface area contributed by atoms with E-state index in [1.807, 2.05) is 0 Å². The number of hydrogen-bond acceptors (Lipinski definition) is 4. The Morgan fingerprint density at radius 2 is 1.97 bits per heavy atom. The quantitative estimate of drug-likeness (QED) is 0.354. The summed E-state index contributed by atoms with van der Waals surface area (Å²) in [7, 11) is 0. The summed E-state index contributed by atoms with van der Waals surface area (Å²) in [6, 6.07) is 0. The van der Waals surface area contributed by atoms with E-state index in [0.29, 0.717) is 25.0 Å². The molecule has 2 fully saturated rings. The average Bonchev–Trinajstić information content (AvgIpc) is 3.26. The number of rotatable bonds is 0. The number of esters is 1. The van der Waals surface area contributed by atoms with E-state index >= 15 is 0 Å². The van der Waals surface area contributed by atoms with E-state index in [4.69, 9.17) is 14.2 Å². The molecule has 29 heavy (non-hydrogen) atoms. The molecule has 0 radical (unpaired) electrons. The van der Waals surface area contributed by atoms with Crippen LogP contribution >= 0.6 is 0 Å². The van der Waals surface area contributed by atoms with Crippen LogP contribution in [0.1, 0.15) is 52.4 Å². The number of fused-ring (bicyclic) bond motifs is 6. The molecule has 4 nitrogen and oxygen atoms in total. The third-order valence-electron chi connectivity index (χ3n) is 8.78. The summed E-state index contributed by atoms with van der Waals surface area (Å²) in [6.45, 7) is 6.04. The minimum Gasteiger partial charge on any atom is -0.444 e. The normalized spacial score (nSPS) is 46.2. The van der Waals surface area contributed by atoms with Crippen molar-refractivity contribution in [2.75, 3.05) is 13.2 Å². The molecule has 6 rings (SSSR count). The fourth-order valence-corrected chi connectivity index (χ4v) is 7.03. The fraction of sp³-hybridized carbons (Fsp3) is 0.640. The van der Waals surface area contributed by atoms with Gasteiger partial charge < -0.3 is 14.2 Å². The van der Waals surface area contributed by atoms with Crippen molar-refractivity contribution >= 4 is 5.97 Å². The summed E-state index contributed by atoms with van der Waals surface area (Å²) in [5.41, 5.74) is 2.16. The predicted octanol–water partition coefficient (Wildman–Crippen LogP) is 4.08. The van der Waals surface area contributed by atoms with Crippen LogP contribution < -0.4 is 0 Å². The Balaban J connectivity index is 1.41. The molecule has 0 unspecified atom stereocenters. The van der Waals surface area contributed by atoms with Gasteiger partial charge in [-0.15, -0.1) is 0 Å². The summed E-state index contributed by atoms with van der Waals surface area (Å²) >= 11 is 0. The molecule has 2 spiro atoms. The summed E-state index contributed by atoms with van der Waals surface area (Å²) in [6.07, 6.45) is 14.4. The minimum absolute atomic E-state index is 0.0337. The molecular weight excluding hydrogens is 364 g/mol. The van der Waals surface area contributed by atoms with Gasteiger partial charge in [-0.05, 0) is 43.3 Å². The second-order valence-corrected chi connectivity index (χ2v) is 10.0. The van der Waals surface area contributed by atoms with Crippen molar-refractivity contribution < 1.29 is 19.0 Å². The Bertz CT molecular complexity index is 940. The van der Waals surface area contributed by atoms with Crippen LogP contribution in [-0.2, 0) is 19.0 Å². The van der Waals surface area contributed by atoms with E-state index in [1.165, 1.54) is 11.1 Å². The van der Waals surface area contributed by atoms with Crippen molar-refractivity contribution in [3.8, 4) is 11.8 Å². The summed E-state index contributed by atoms with van der Waals surface area (Å²) in [5.74, 6) is 6.61. The van der Waals surface area contributed by atoms with Gasteiger partial charge in [0.05, 0.1) is 13.2 Å². The fourth-order valence-electron chi connectivity index (χ4n) is 7.03. The van der Waals surface area contributed by atoms with Crippen LogP contribution in [0.15, 0.2) is 35.5 Å². The Morgan fingerprint density at radius 3 is 2.76 bits per heavy atom. The Morgan fingerprint density at radius 1 is 1.14 bits per heavy atom. The summed E-state index contributed by atoms with van der Waals surface area (Å²) < 4.78 is 17.9. The molecule has 0 amide bonds. The van der Waals surface area contributed by atoms with Crippen LogP contribution in [0.25, 0.3) is 0 Å². The molecule has 0 N–H and O–H groups in total. The molecule has 0 aromatic rings. The van der Waals surface area contributed by atoms with E-state index in [0.717, 1.165) is 32.1 Å². The molecule has 5 atom stereocenters.